The normalized spacial score (nSPS) is 20.5. The van der Waals surface area contributed by atoms with Gasteiger partial charge >= 0.3 is 12.1 Å². The van der Waals surface area contributed by atoms with Gasteiger partial charge < -0.3 is 9.47 Å². The van der Waals surface area contributed by atoms with Gasteiger partial charge in [0, 0.05) is 23.7 Å². The minimum atomic E-state index is -4.64. The van der Waals surface area contributed by atoms with Crippen molar-refractivity contribution in [3.05, 3.63) is 76.5 Å². The van der Waals surface area contributed by atoms with Gasteiger partial charge in [0.25, 0.3) is 0 Å². The van der Waals surface area contributed by atoms with Crippen LogP contribution in [0.1, 0.15) is 48.8 Å². The van der Waals surface area contributed by atoms with Crippen molar-refractivity contribution in [3.63, 3.8) is 0 Å². The van der Waals surface area contributed by atoms with Gasteiger partial charge in [-0.25, -0.2) is 4.79 Å². The molecule has 8 heteroatoms. The van der Waals surface area contributed by atoms with Crippen LogP contribution in [0.2, 0.25) is 0 Å². The largest absolute Gasteiger partial charge is 0.497 e. The molecule has 0 amide bonds. The number of esters is 1. The van der Waals surface area contributed by atoms with Crippen LogP contribution in [0.15, 0.2) is 64.8 Å². The van der Waals surface area contributed by atoms with E-state index in [1.54, 1.807) is 31.2 Å². The third kappa shape index (κ3) is 4.62. The Bertz CT molecular complexity index is 1170. The molecule has 5 nitrogen and oxygen atoms in total. The Hall–Kier alpha value is -3.42. The molecular formula is C26H24F3NO4. The van der Waals surface area contributed by atoms with Crippen molar-refractivity contribution in [1.29, 1.82) is 0 Å². The summed E-state index contributed by atoms with van der Waals surface area (Å²) in [5.74, 6) is -2.37. The Labute approximate surface area is 195 Å². The van der Waals surface area contributed by atoms with Crippen molar-refractivity contribution in [1.82, 2.24) is 0 Å². The fourth-order valence-electron chi connectivity index (χ4n) is 4.70. The third-order valence-corrected chi connectivity index (χ3v) is 6.26. The number of aliphatic imine (C=N–C) groups is 1. The summed E-state index contributed by atoms with van der Waals surface area (Å²) in [6.07, 6.45) is -3.31. The van der Waals surface area contributed by atoms with E-state index in [0.717, 1.165) is 6.07 Å². The van der Waals surface area contributed by atoms with Crippen LogP contribution in [0, 0.1) is 5.92 Å². The first-order valence-electron chi connectivity index (χ1n) is 11.0. The standard InChI is InChI=1S/C26H24F3NO4/c1-15-22(25(32)34-14-16-10-12-17(33-2)13-11-16)23(24-20(30-15)8-5-9-21(24)31)18-6-3-4-7-19(18)26(27,28)29/h3-4,6-7,10-13,23-24H,5,8-9,14H2,1-2H3. The highest BCUT2D eigenvalue weighted by atomic mass is 19.4. The van der Waals surface area contributed by atoms with Gasteiger partial charge in [-0.2, -0.15) is 13.2 Å². The summed E-state index contributed by atoms with van der Waals surface area (Å²) in [5, 5.41) is 0. The van der Waals surface area contributed by atoms with E-state index in [-0.39, 0.29) is 35.6 Å². The smallest absolute Gasteiger partial charge is 0.416 e. The van der Waals surface area contributed by atoms with Gasteiger partial charge in [-0.15, -0.1) is 0 Å². The van der Waals surface area contributed by atoms with Crippen LogP contribution < -0.4 is 4.74 Å². The molecule has 2 atom stereocenters. The van der Waals surface area contributed by atoms with E-state index in [9.17, 15) is 22.8 Å². The molecule has 2 unspecified atom stereocenters. The SMILES string of the molecule is COc1ccc(COC(=O)C2=C(C)N=C3CCCC(=O)C3C2c2ccccc2C(F)(F)F)cc1. The molecule has 2 aromatic rings. The number of hydrogen-bond donors (Lipinski definition) is 0. The Morgan fingerprint density at radius 1 is 1.06 bits per heavy atom. The molecule has 0 N–H and O–H groups in total. The van der Waals surface area contributed by atoms with Crippen LogP contribution in [0.5, 0.6) is 5.75 Å². The maximum absolute atomic E-state index is 13.9. The summed E-state index contributed by atoms with van der Waals surface area (Å²) in [4.78, 5) is 30.7. The Morgan fingerprint density at radius 3 is 2.44 bits per heavy atom. The first-order valence-corrected chi connectivity index (χ1v) is 11.0. The van der Waals surface area contributed by atoms with E-state index in [1.165, 1.54) is 25.3 Å². The molecule has 1 aliphatic carbocycles. The molecule has 2 aromatic carbocycles. The van der Waals surface area contributed by atoms with E-state index < -0.39 is 29.5 Å². The first-order chi connectivity index (χ1) is 16.2. The number of carbonyl (C=O) groups excluding carboxylic acids is 2. The van der Waals surface area contributed by atoms with E-state index >= 15 is 0 Å². The number of benzene rings is 2. The number of carbonyl (C=O) groups is 2. The topological polar surface area (TPSA) is 65.0 Å². The lowest BCUT2D eigenvalue weighted by atomic mass is 9.68. The number of allylic oxidation sites excluding steroid dienone is 1. The number of ketones is 1. The van der Waals surface area contributed by atoms with Crippen molar-refractivity contribution < 1.29 is 32.2 Å². The molecule has 178 valence electrons. The molecule has 0 radical (unpaired) electrons. The van der Waals surface area contributed by atoms with Crippen molar-refractivity contribution in [2.75, 3.05) is 7.11 Å². The number of nitrogens with zero attached hydrogens (tertiary/aromatic N) is 1. The van der Waals surface area contributed by atoms with Crippen molar-refractivity contribution in [3.8, 4) is 5.75 Å². The third-order valence-electron chi connectivity index (χ3n) is 6.26. The van der Waals surface area contributed by atoms with E-state index in [4.69, 9.17) is 9.47 Å². The van der Waals surface area contributed by atoms with Crippen LogP contribution in [0.3, 0.4) is 0 Å². The van der Waals surface area contributed by atoms with Gasteiger partial charge in [-0.1, -0.05) is 30.3 Å². The van der Waals surface area contributed by atoms with Crippen LogP contribution >= 0.6 is 0 Å². The molecule has 0 saturated heterocycles. The summed E-state index contributed by atoms with van der Waals surface area (Å²) in [6, 6.07) is 12.0. The number of Topliss-reactive ketones (excluding diaryl/α,β-unsaturated/α-hetero) is 1. The summed E-state index contributed by atoms with van der Waals surface area (Å²) in [7, 11) is 1.54. The minimum absolute atomic E-state index is 0.00536. The summed E-state index contributed by atoms with van der Waals surface area (Å²) in [5.41, 5.74) is 0.513. The van der Waals surface area contributed by atoms with Gasteiger partial charge in [0.15, 0.2) is 0 Å². The Kier molecular flexibility index (Phi) is 6.59. The summed E-state index contributed by atoms with van der Waals surface area (Å²) in [6.45, 7) is 1.50. The second-order valence-corrected chi connectivity index (χ2v) is 8.39. The van der Waals surface area contributed by atoms with Gasteiger partial charge in [0.1, 0.15) is 18.1 Å². The molecule has 1 fully saturated rings. The quantitative estimate of drug-likeness (QED) is 0.530. The van der Waals surface area contributed by atoms with E-state index in [1.807, 2.05) is 0 Å². The van der Waals surface area contributed by atoms with Crippen LogP contribution in [-0.4, -0.2) is 24.6 Å². The van der Waals surface area contributed by atoms with Crippen LogP contribution in [0.25, 0.3) is 0 Å². The highest BCUT2D eigenvalue weighted by Crippen LogP contribution is 2.46. The second-order valence-electron chi connectivity index (χ2n) is 8.39. The molecule has 1 saturated carbocycles. The summed E-state index contributed by atoms with van der Waals surface area (Å²) < 4.78 is 52.4. The molecule has 2 aliphatic rings. The van der Waals surface area contributed by atoms with Crippen molar-refractivity contribution in [2.24, 2.45) is 10.9 Å². The fourth-order valence-corrected chi connectivity index (χ4v) is 4.70. The zero-order valence-corrected chi connectivity index (χ0v) is 18.8. The number of hydrogen-bond acceptors (Lipinski definition) is 5. The minimum Gasteiger partial charge on any atom is -0.497 e. The van der Waals surface area contributed by atoms with Gasteiger partial charge in [-0.05, 0) is 49.1 Å². The zero-order valence-electron chi connectivity index (χ0n) is 18.8. The van der Waals surface area contributed by atoms with E-state index in [2.05, 4.69) is 4.99 Å². The number of halogens is 3. The highest BCUT2D eigenvalue weighted by molar-refractivity contribution is 6.11. The Balaban J connectivity index is 1.74. The number of fused-ring (bicyclic) bond motifs is 1. The molecular weight excluding hydrogens is 447 g/mol. The lowest BCUT2D eigenvalue weighted by Gasteiger charge is -2.36. The summed E-state index contributed by atoms with van der Waals surface area (Å²) >= 11 is 0. The maximum atomic E-state index is 13.9. The number of methoxy groups -OCH3 is 1. The highest BCUT2D eigenvalue weighted by Gasteiger charge is 2.47. The van der Waals surface area contributed by atoms with Gasteiger partial charge in [-0.3, -0.25) is 9.79 Å². The fraction of sp³-hybridized carbons (Fsp3) is 0.346. The predicted molar refractivity (Wildman–Crippen MR) is 119 cm³/mol. The van der Waals surface area contributed by atoms with Crippen molar-refractivity contribution in [2.45, 2.75) is 44.9 Å². The van der Waals surface area contributed by atoms with Crippen LogP contribution in [-0.2, 0) is 27.1 Å². The molecule has 0 aromatic heterocycles. The lowest BCUT2D eigenvalue weighted by molar-refractivity contribution is -0.142. The monoisotopic (exact) mass is 471 g/mol. The maximum Gasteiger partial charge on any atom is 0.416 e. The number of alkyl halides is 3. The molecule has 34 heavy (non-hydrogen) atoms. The van der Waals surface area contributed by atoms with E-state index in [0.29, 0.717) is 29.9 Å². The van der Waals surface area contributed by atoms with Crippen molar-refractivity contribution >= 4 is 17.5 Å². The molecule has 4 rings (SSSR count). The lowest BCUT2D eigenvalue weighted by Crippen LogP contribution is -2.39. The first kappa shape index (κ1) is 23.7. The molecule has 1 heterocycles. The Morgan fingerprint density at radius 2 is 1.76 bits per heavy atom. The van der Waals surface area contributed by atoms with Gasteiger partial charge in [0.2, 0.25) is 0 Å². The molecule has 0 bridgehead atoms. The number of ether oxygens (including phenoxy) is 2. The predicted octanol–water partition coefficient (Wildman–Crippen LogP) is 5.64. The average molecular weight is 471 g/mol. The van der Waals surface area contributed by atoms with Crippen LogP contribution in [0.4, 0.5) is 13.2 Å². The number of rotatable bonds is 5. The second kappa shape index (κ2) is 9.44. The molecule has 0 spiro atoms. The molecule has 1 aliphatic heterocycles. The average Bonchev–Trinajstić information content (AvgIpc) is 2.81. The zero-order chi connectivity index (χ0) is 24.5. The van der Waals surface area contributed by atoms with Gasteiger partial charge in [0.05, 0.1) is 24.2 Å².